The first-order valence-electron chi connectivity index (χ1n) is 11.3. The molecule has 1 atom stereocenters. The second-order valence-corrected chi connectivity index (χ2v) is 9.35. The van der Waals surface area contributed by atoms with Crippen LogP contribution < -0.4 is 5.32 Å². The summed E-state index contributed by atoms with van der Waals surface area (Å²) in [7, 11) is 0. The minimum atomic E-state index is -0.656. The van der Waals surface area contributed by atoms with E-state index in [0.717, 1.165) is 5.56 Å². The van der Waals surface area contributed by atoms with E-state index in [1.165, 1.54) is 23.9 Å². The first-order valence-corrected chi connectivity index (χ1v) is 12.2. The molecule has 2 aliphatic rings. The van der Waals surface area contributed by atoms with Gasteiger partial charge in [-0.2, -0.15) is 0 Å². The van der Waals surface area contributed by atoms with Gasteiger partial charge in [-0.3, -0.25) is 19.9 Å². The van der Waals surface area contributed by atoms with Crippen LogP contribution in [-0.4, -0.2) is 38.0 Å². The minimum absolute atomic E-state index is 0.0569. The van der Waals surface area contributed by atoms with Gasteiger partial charge in [0.25, 0.3) is 5.69 Å². The van der Waals surface area contributed by atoms with Gasteiger partial charge in [-0.1, -0.05) is 17.8 Å². The number of aliphatic imine (C=N–C) groups is 1. The van der Waals surface area contributed by atoms with Gasteiger partial charge < -0.3 is 15.0 Å². The largest absolute Gasteiger partial charge is 0.459 e. The summed E-state index contributed by atoms with van der Waals surface area (Å²) in [5.41, 5.74) is 2.95. The fourth-order valence-corrected chi connectivity index (χ4v) is 4.90. The van der Waals surface area contributed by atoms with Crippen molar-refractivity contribution >= 4 is 34.5 Å². The van der Waals surface area contributed by atoms with Crippen LogP contribution in [0.5, 0.6) is 0 Å². The van der Waals surface area contributed by atoms with Crippen molar-refractivity contribution in [2.24, 2.45) is 4.99 Å². The predicted molar refractivity (Wildman–Crippen MR) is 135 cm³/mol. The molecule has 1 aromatic carbocycles. The zero-order chi connectivity index (χ0) is 25.8. The van der Waals surface area contributed by atoms with Crippen molar-refractivity contribution in [1.82, 2.24) is 15.2 Å². The molecule has 1 amide bonds. The monoisotopic (exact) mass is 507 g/mol. The smallest absolute Gasteiger partial charge is 0.338 e. The quantitative estimate of drug-likeness (QED) is 0.320. The highest BCUT2D eigenvalue weighted by molar-refractivity contribution is 8.16. The Balaban J connectivity index is 1.63. The van der Waals surface area contributed by atoms with Gasteiger partial charge in [0.2, 0.25) is 5.91 Å². The number of nitro groups is 1. The number of nitrogens with zero attached hydrogens (tertiary/aromatic N) is 4. The lowest BCUT2D eigenvalue weighted by atomic mass is 9.93. The van der Waals surface area contributed by atoms with Crippen LogP contribution in [0.2, 0.25) is 0 Å². The number of benzene rings is 1. The number of amidine groups is 1. The zero-order valence-electron chi connectivity index (χ0n) is 20.0. The maximum Gasteiger partial charge on any atom is 0.338 e. The van der Waals surface area contributed by atoms with Crippen LogP contribution in [-0.2, 0) is 20.9 Å². The Morgan fingerprint density at radius 2 is 2.00 bits per heavy atom. The zero-order valence-corrected chi connectivity index (χ0v) is 20.8. The highest BCUT2D eigenvalue weighted by Gasteiger charge is 2.41. The number of ether oxygens (including phenoxy) is 1. The summed E-state index contributed by atoms with van der Waals surface area (Å²) in [5.74, 6) is -0.724. The summed E-state index contributed by atoms with van der Waals surface area (Å²) in [6.07, 6.45) is 3.06. The van der Waals surface area contributed by atoms with Gasteiger partial charge in [0, 0.05) is 36.8 Å². The van der Waals surface area contributed by atoms with Crippen LogP contribution in [0.4, 0.5) is 5.69 Å². The molecular weight excluding hydrogens is 482 g/mol. The third kappa shape index (κ3) is 5.46. The molecule has 10 nitrogen and oxygen atoms in total. The van der Waals surface area contributed by atoms with Gasteiger partial charge in [-0.15, -0.1) is 0 Å². The van der Waals surface area contributed by atoms with Crippen LogP contribution in [0, 0.1) is 10.1 Å². The lowest BCUT2D eigenvalue weighted by molar-refractivity contribution is -0.384. The van der Waals surface area contributed by atoms with Crippen LogP contribution in [0.25, 0.3) is 0 Å². The summed E-state index contributed by atoms with van der Waals surface area (Å²) >= 11 is 1.36. The highest BCUT2D eigenvalue weighted by atomic mass is 32.2. The first kappa shape index (κ1) is 25.1. The van der Waals surface area contributed by atoms with Gasteiger partial charge in [-0.25, -0.2) is 9.79 Å². The molecule has 2 aliphatic heterocycles. The third-order valence-electron chi connectivity index (χ3n) is 5.54. The van der Waals surface area contributed by atoms with Gasteiger partial charge in [0.15, 0.2) is 5.17 Å². The van der Waals surface area contributed by atoms with Crippen molar-refractivity contribution in [2.45, 2.75) is 45.9 Å². The standard InChI is InChI=1S/C25H25N5O5S/c1-15(2)35-24(32)22-16(3)28-25-29(23(22)18-6-8-19(9-7-18)30(33)34)20(14-36-25)11-21(31)27-13-17-5-4-10-26-12-17/h4-10,12,14-15,23H,11,13H2,1-3H3,(H,27,31)/t23-/m0/s1. The maximum absolute atomic E-state index is 13.2. The number of rotatable bonds is 8. The molecule has 0 saturated carbocycles. The number of carbonyl (C=O) groups excluding carboxylic acids is 2. The van der Waals surface area contributed by atoms with Gasteiger partial charge in [0.1, 0.15) is 0 Å². The number of allylic oxidation sites excluding steroid dienone is 1. The number of thioether (sulfide) groups is 1. The fourth-order valence-electron chi connectivity index (χ4n) is 3.93. The minimum Gasteiger partial charge on any atom is -0.459 e. The number of amides is 1. The second kappa shape index (κ2) is 10.7. The lowest BCUT2D eigenvalue weighted by Gasteiger charge is -2.36. The van der Waals surface area contributed by atoms with E-state index >= 15 is 0 Å². The lowest BCUT2D eigenvalue weighted by Crippen LogP contribution is -2.38. The Kier molecular flexibility index (Phi) is 7.49. The van der Waals surface area contributed by atoms with E-state index in [9.17, 15) is 19.7 Å². The molecule has 1 aromatic heterocycles. The molecule has 4 rings (SSSR count). The van der Waals surface area contributed by atoms with Crippen LogP contribution in [0.1, 0.15) is 44.4 Å². The number of esters is 1. The predicted octanol–water partition coefficient (Wildman–Crippen LogP) is 4.22. The molecule has 186 valence electrons. The van der Waals surface area contributed by atoms with E-state index in [4.69, 9.17) is 4.74 Å². The molecule has 0 saturated heterocycles. The van der Waals surface area contributed by atoms with Gasteiger partial charge in [-0.05, 0) is 55.5 Å². The number of non-ortho nitro benzene ring substituents is 1. The molecule has 0 bridgehead atoms. The summed E-state index contributed by atoms with van der Waals surface area (Å²) in [6.45, 7) is 5.59. The summed E-state index contributed by atoms with van der Waals surface area (Å²) in [4.78, 5) is 47.2. The molecule has 0 spiro atoms. The Hall–Kier alpha value is -3.99. The fraction of sp³-hybridized carbons (Fsp3) is 0.280. The van der Waals surface area contributed by atoms with Gasteiger partial charge in [0.05, 0.1) is 34.8 Å². The molecule has 3 heterocycles. The molecule has 0 unspecified atom stereocenters. The van der Waals surface area contributed by atoms with Crippen molar-refractivity contribution in [1.29, 1.82) is 0 Å². The maximum atomic E-state index is 13.2. The topological polar surface area (TPSA) is 127 Å². The Bertz CT molecular complexity index is 1270. The number of hydrogen-bond donors (Lipinski definition) is 1. The van der Waals surface area contributed by atoms with E-state index in [0.29, 0.717) is 34.2 Å². The van der Waals surface area contributed by atoms with Crippen molar-refractivity contribution in [3.8, 4) is 0 Å². The molecule has 0 fully saturated rings. The van der Waals surface area contributed by atoms with E-state index < -0.39 is 16.9 Å². The molecule has 0 aliphatic carbocycles. The Morgan fingerprint density at radius 1 is 1.25 bits per heavy atom. The van der Waals surface area contributed by atoms with Crippen LogP contribution >= 0.6 is 11.8 Å². The average molecular weight is 508 g/mol. The van der Waals surface area contributed by atoms with E-state index in [1.807, 2.05) is 16.4 Å². The van der Waals surface area contributed by atoms with Crippen LogP contribution in [0.15, 0.2) is 76.2 Å². The highest BCUT2D eigenvalue weighted by Crippen LogP contribution is 2.45. The van der Waals surface area contributed by atoms with Crippen LogP contribution in [0.3, 0.4) is 0 Å². The Labute approximate surface area is 212 Å². The summed E-state index contributed by atoms with van der Waals surface area (Å²) in [5, 5.41) is 16.5. The van der Waals surface area contributed by atoms with Crippen molar-refractivity contribution in [2.75, 3.05) is 0 Å². The molecule has 1 N–H and O–H groups in total. The average Bonchev–Trinajstić information content (AvgIpc) is 3.23. The molecule has 11 heteroatoms. The summed E-state index contributed by atoms with van der Waals surface area (Å²) in [6, 6.07) is 9.05. The second-order valence-electron chi connectivity index (χ2n) is 8.51. The Morgan fingerprint density at radius 3 is 2.64 bits per heavy atom. The third-order valence-corrected chi connectivity index (χ3v) is 6.43. The molecule has 2 aromatic rings. The van der Waals surface area contributed by atoms with E-state index in [-0.39, 0.29) is 24.1 Å². The number of pyridine rings is 1. The normalized spacial score (nSPS) is 16.9. The molecular formula is C25H25N5O5S. The number of nitro benzene ring substituents is 1. The van der Waals surface area contributed by atoms with E-state index in [1.54, 1.807) is 51.4 Å². The van der Waals surface area contributed by atoms with Crippen molar-refractivity contribution in [3.05, 3.63) is 92.4 Å². The number of nitrogens with one attached hydrogen (secondary N) is 1. The van der Waals surface area contributed by atoms with E-state index in [2.05, 4.69) is 15.3 Å². The van der Waals surface area contributed by atoms with Crippen molar-refractivity contribution in [3.63, 3.8) is 0 Å². The number of carbonyl (C=O) groups is 2. The summed E-state index contributed by atoms with van der Waals surface area (Å²) < 4.78 is 5.51. The first-order chi connectivity index (χ1) is 17.2. The van der Waals surface area contributed by atoms with Crippen molar-refractivity contribution < 1.29 is 19.2 Å². The van der Waals surface area contributed by atoms with Gasteiger partial charge >= 0.3 is 5.97 Å². The number of fused-ring (bicyclic) bond motifs is 1. The number of aromatic nitrogens is 1. The molecule has 0 radical (unpaired) electrons. The molecule has 36 heavy (non-hydrogen) atoms. The number of hydrogen-bond acceptors (Lipinski definition) is 9. The SMILES string of the molecule is CC1=C(C(=O)OC(C)C)[C@H](c2ccc([N+](=O)[O-])cc2)N2C(CC(=O)NCc3cccnc3)=CSC2=N1.